The average molecular weight is 318 g/mol. The second-order valence-corrected chi connectivity index (χ2v) is 5.51. The van der Waals surface area contributed by atoms with E-state index in [2.05, 4.69) is 4.98 Å². The third-order valence-electron chi connectivity index (χ3n) is 3.85. The molecule has 0 amide bonds. The maximum absolute atomic E-state index is 13.2. The predicted octanol–water partition coefficient (Wildman–Crippen LogP) is 4.06. The Bertz CT molecular complexity index is 925. The lowest BCUT2D eigenvalue weighted by Gasteiger charge is -2.02. The molecule has 0 radical (unpaired) electrons. The molecule has 0 saturated heterocycles. The Kier molecular flexibility index (Phi) is 3.67. The van der Waals surface area contributed by atoms with Crippen molar-refractivity contribution >= 4 is 0 Å². The molecule has 0 aliphatic rings. The first-order valence-electron chi connectivity index (χ1n) is 7.64. The highest BCUT2D eigenvalue weighted by Gasteiger charge is 2.13. The van der Waals surface area contributed by atoms with Crippen LogP contribution in [-0.4, -0.2) is 19.3 Å². The molecule has 4 rings (SSSR count). The Morgan fingerprint density at radius 2 is 1.58 bits per heavy atom. The van der Waals surface area contributed by atoms with Crippen LogP contribution in [0.15, 0.2) is 79.5 Å². The van der Waals surface area contributed by atoms with Crippen LogP contribution in [-0.2, 0) is 6.67 Å². The van der Waals surface area contributed by atoms with E-state index >= 15 is 0 Å². The van der Waals surface area contributed by atoms with E-state index in [0.29, 0.717) is 6.67 Å². The van der Waals surface area contributed by atoms with Gasteiger partial charge >= 0.3 is 0 Å². The third-order valence-corrected chi connectivity index (χ3v) is 3.85. The summed E-state index contributed by atoms with van der Waals surface area (Å²) in [6.45, 7) is 0.617. The molecule has 3 aromatic heterocycles. The van der Waals surface area contributed by atoms with Gasteiger partial charge in [-0.1, -0.05) is 0 Å². The quantitative estimate of drug-likeness (QED) is 0.569. The highest BCUT2D eigenvalue weighted by Crippen LogP contribution is 2.30. The second kappa shape index (κ2) is 6.12. The number of aromatic nitrogens is 4. The van der Waals surface area contributed by atoms with Crippen LogP contribution >= 0.6 is 0 Å². The van der Waals surface area contributed by atoms with E-state index in [4.69, 9.17) is 5.10 Å². The summed E-state index contributed by atoms with van der Waals surface area (Å²) in [4.78, 5) is 4.07. The zero-order chi connectivity index (χ0) is 16.4. The third kappa shape index (κ3) is 2.84. The summed E-state index contributed by atoms with van der Waals surface area (Å²) in [6, 6.07) is 14.3. The predicted molar refractivity (Wildman–Crippen MR) is 90.7 cm³/mol. The molecular formula is C19H15FN4. The number of benzene rings is 1. The summed E-state index contributed by atoms with van der Waals surface area (Å²) in [5.74, 6) is -0.254. The fourth-order valence-corrected chi connectivity index (χ4v) is 2.69. The van der Waals surface area contributed by atoms with Crippen LogP contribution in [0.2, 0.25) is 0 Å². The standard InChI is InChI=1S/C19H15FN4/c20-17-5-3-16(4-6-17)19-18(15-7-9-21-10-8-15)13-24(22-19)14-23-11-1-2-12-23/h1-13H,14H2. The molecule has 0 bridgehead atoms. The van der Waals surface area contributed by atoms with Crippen molar-refractivity contribution in [2.45, 2.75) is 6.67 Å². The molecular weight excluding hydrogens is 303 g/mol. The van der Waals surface area contributed by atoms with Gasteiger partial charge in [0.1, 0.15) is 18.2 Å². The molecule has 0 aliphatic heterocycles. The Balaban J connectivity index is 1.80. The number of halogens is 1. The molecule has 0 saturated carbocycles. The normalized spacial score (nSPS) is 10.9. The van der Waals surface area contributed by atoms with E-state index in [1.165, 1.54) is 12.1 Å². The van der Waals surface area contributed by atoms with Gasteiger partial charge in [-0.05, 0) is 54.1 Å². The van der Waals surface area contributed by atoms with Crippen molar-refractivity contribution in [1.29, 1.82) is 0 Å². The van der Waals surface area contributed by atoms with Crippen molar-refractivity contribution < 1.29 is 4.39 Å². The Labute approximate surface area is 138 Å². The van der Waals surface area contributed by atoms with Gasteiger partial charge in [-0.15, -0.1) is 0 Å². The molecule has 0 unspecified atom stereocenters. The van der Waals surface area contributed by atoms with Crippen molar-refractivity contribution in [3.05, 3.63) is 85.3 Å². The van der Waals surface area contributed by atoms with Crippen LogP contribution in [0.3, 0.4) is 0 Å². The van der Waals surface area contributed by atoms with Crippen LogP contribution in [0.5, 0.6) is 0 Å². The smallest absolute Gasteiger partial charge is 0.123 e. The molecule has 3 heterocycles. The molecule has 0 atom stereocenters. The number of nitrogens with zero attached hydrogens (tertiary/aromatic N) is 4. The molecule has 24 heavy (non-hydrogen) atoms. The number of hydrogen-bond donors (Lipinski definition) is 0. The van der Waals surface area contributed by atoms with Gasteiger partial charge in [0, 0.05) is 42.1 Å². The highest BCUT2D eigenvalue weighted by atomic mass is 19.1. The van der Waals surface area contributed by atoms with Crippen LogP contribution < -0.4 is 0 Å². The molecule has 118 valence electrons. The molecule has 0 aliphatic carbocycles. The zero-order valence-electron chi connectivity index (χ0n) is 12.9. The van der Waals surface area contributed by atoms with Gasteiger partial charge in [0.2, 0.25) is 0 Å². The number of pyridine rings is 1. The van der Waals surface area contributed by atoms with Crippen LogP contribution in [0, 0.1) is 5.82 Å². The first-order chi connectivity index (χ1) is 11.8. The van der Waals surface area contributed by atoms with Gasteiger partial charge in [0.15, 0.2) is 0 Å². The van der Waals surface area contributed by atoms with E-state index in [9.17, 15) is 4.39 Å². The Morgan fingerprint density at radius 1 is 0.875 bits per heavy atom. The van der Waals surface area contributed by atoms with Gasteiger partial charge in [-0.2, -0.15) is 5.10 Å². The minimum Gasteiger partial charge on any atom is -0.334 e. The van der Waals surface area contributed by atoms with E-state index in [0.717, 1.165) is 22.4 Å². The van der Waals surface area contributed by atoms with Crippen molar-refractivity contribution in [3.8, 4) is 22.4 Å². The van der Waals surface area contributed by atoms with Crippen LogP contribution in [0.4, 0.5) is 4.39 Å². The van der Waals surface area contributed by atoms with Gasteiger partial charge in [-0.25, -0.2) is 4.39 Å². The van der Waals surface area contributed by atoms with E-state index in [-0.39, 0.29) is 5.82 Å². The average Bonchev–Trinajstić information content (AvgIpc) is 3.27. The number of hydrogen-bond acceptors (Lipinski definition) is 2. The summed E-state index contributed by atoms with van der Waals surface area (Å²) in [6.07, 6.45) is 9.50. The highest BCUT2D eigenvalue weighted by molar-refractivity contribution is 5.80. The van der Waals surface area contributed by atoms with Crippen LogP contribution in [0.25, 0.3) is 22.4 Å². The molecule has 4 nitrogen and oxygen atoms in total. The summed E-state index contributed by atoms with van der Waals surface area (Å²) in [5.41, 5.74) is 3.74. The van der Waals surface area contributed by atoms with Crippen molar-refractivity contribution in [1.82, 2.24) is 19.3 Å². The first-order valence-corrected chi connectivity index (χ1v) is 7.64. The van der Waals surface area contributed by atoms with E-state index < -0.39 is 0 Å². The zero-order valence-corrected chi connectivity index (χ0v) is 12.9. The monoisotopic (exact) mass is 318 g/mol. The van der Waals surface area contributed by atoms with Crippen molar-refractivity contribution in [2.24, 2.45) is 0 Å². The molecule has 0 fully saturated rings. The minimum absolute atomic E-state index is 0.254. The van der Waals surface area contributed by atoms with E-state index in [1.54, 1.807) is 24.5 Å². The summed E-state index contributed by atoms with van der Waals surface area (Å²) in [7, 11) is 0. The van der Waals surface area contributed by atoms with Crippen molar-refractivity contribution in [2.75, 3.05) is 0 Å². The summed E-state index contributed by atoms with van der Waals surface area (Å²) < 4.78 is 17.2. The maximum Gasteiger partial charge on any atom is 0.123 e. The Hall–Kier alpha value is -3.21. The van der Waals surface area contributed by atoms with Gasteiger partial charge in [0.25, 0.3) is 0 Å². The lowest BCUT2D eigenvalue weighted by molar-refractivity contribution is 0.551. The van der Waals surface area contributed by atoms with Gasteiger partial charge < -0.3 is 4.57 Å². The minimum atomic E-state index is -0.254. The molecule has 0 spiro atoms. The lowest BCUT2D eigenvalue weighted by Crippen LogP contribution is -2.06. The Morgan fingerprint density at radius 3 is 2.29 bits per heavy atom. The molecule has 1 aromatic carbocycles. The van der Waals surface area contributed by atoms with Gasteiger partial charge in [-0.3, -0.25) is 9.67 Å². The molecule has 5 heteroatoms. The second-order valence-electron chi connectivity index (χ2n) is 5.51. The topological polar surface area (TPSA) is 35.6 Å². The van der Waals surface area contributed by atoms with E-state index in [1.807, 2.05) is 52.1 Å². The fourth-order valence-electron chi connectivity index (χ4n) is 2.69. The van der Waals surface area contributed by atoms with Crippen molar-refractivity contribution in [3.63, 3.8) is 0 Å². The molecule has 0 N–H and O–H groups in total. The maximum atomic E-state index is 13.2. The van der Waals surface area contributed by atoms with Crippen LogP contribution in [0.1, 0.15) is 0 Å². The SMILES string of the molecule is Fc1ccc(-c2nn(Cn3cccc3)cc2-c2ccncc2)cc1. The number of rotatable bonds is 4. The van der Waals surface area contributed by atoms with Gasteiger partial charge in [0.05, 0.1) is 0 Å². The molecule has 4 aromatic rings. The largest absolute Gasteiger partial charge is 0.334 e. The first kappa shape index (κ1) is 14.4. The fraction of sp³-hybridized carbons (Fsp3) is 0.0526. The lowest BCUT2D eigenvalue weighted by atomic mass is 10.0. The summed E-state index contributed by atoms with van der Waals surface area (Å²) in [5, 5.41) is 4.71. The summed E-state index contributed by atoms with van der Waals surface area (Å²) >= 11 is 0.